The normalized spacial score (nSPS) is 27.9. The highest BCUT2D eigenvalue weighted by Gasteiger charge is 2.33. The molecular formula is C8H17ClSi. The van der Waals surface area contributed by atoms with Crippen LogP contribution in [0.3, 0.4) is 0 Å². The third kappa shape index (κ3) is 1.76. The molecule has 0 bridgehead atoms. The summed E-state index contributed by atoms with van der Waals surface area (Å²) in [6.07, 6.45) is 4.34. The van der Waals surface area contributed by atoms with Gasteiger partial charge < -0.3 is 0 Å². The molecule has 0 aromatic heterocycles. The first-order valence-corrected chi connectivity index (χ1v) is 7.72. The number of rotatable bonds is 1. The van der Waals surface area contributed by atoms with Gasteiger partial charge in [0.2, 0.25) is 0 Å². The highest BCUT2D eigenvalue weighted by atomic mass is 35.5. The van der Waals surface area contributed by atoms with E-state index in [2.05, 4.69) is 13.5 Å². The van der Waals surface area contributed by atoms with E-state index in [1.165, 1.54) is 31.4 Å². The third-order valence-corrected chi connectivity index (χ3v) is 9.45. The van der Waals surface area contributed by atoms with Crippen LogP contribution in [0.2, 0.25) is 18.6 Å². The molecule has 0 aromatic carbocycles. The fraction of sp³-hybridized carbons (Fsp3) is 1.00. The lowest BCUT2D eigenvalue weighted by molar-refractivity contribution is 0.706. The van der Waals surface area contributed by atoms with E-state index in [9.17, 15) is 0 Å². The lowest BCUT2D eigenvalue weighted by Gasteiger charge is -2.33. The molecule has 1 aliphatic heterocycles. The maximum absolute atomic E-state index is 6.16. The van der Waals surface area contributed by atoms with Gasteiger partial charge in [-0.1, -0.05) is 44.8 Å². The number of hydrogen-bond acceptors (Lipinski definition) is 0. The average Bonchev–Trinajstić information content (AvgIpc) is 1.89. The van der Waals surface area contributed by atoms with E-state index in [0.717, 1.165) is 0 Å². The van der Waals surface area contributed by atoms with Gasteiger partial charge in [0.1, 0.15) is 0 Å². The first-order chi connectivity index (χ1) is 4.65. The van der Waals surface area contributed by atoms with E-state index in [1.54, 1.807) is 0 Å². The molecule has 0 saturated carbocycles. The van der Waals surface area contributed by atoms with Gasteiger partial charge in [-0.05, 0) is 0 Å². The summed E-state index contributed by atoms with van der Waals surface area (Å²) in [7, 11) is -0.948. The zero-order valence-corrected chi connectivity index (χ0v) is 8.75. The summed E-state index contributed by atoms with van der Waals surface area (Å²) < 4.78 is 0. The lowest BCUT2D eigenvalue weighted by atomic mass is 10.3. The standard InChI is InChI=1S/C8H17ClSi/c1-8(9)10(2)6-4-3-5-7-10/h8H,3-7H2,1-2H3. The van der Waals surface area contributed by atoms with E-state index in [-0.39, 0.29) is 0 Å². The first-order valence-electron chi connectivity index (χ1n) is 4.29. The van der Waals surface area contributed by atoms with Gasteiger partial charge in [0.05, 0.1) is 8.07 Å². The second-order valence-electron chi connectivity index (χ2n) is 3.83. The maximum atomic E-state index is 6.16. The molecule has 10 heavy (non-hydrogen) atoms. The van der Waals surface area contributed by atoms with Gasteiger partial charge in [-0.2, -0.15) is 0 Å². The minimum Gasteiger partial charge on any atom is -0.127 e. The summed E-state index contributed by atoms with van der Waals surface area (Å²) in [5.74, 6) is 0. The summed E-state index contributed by atoms with van der Waals surface area (Å²) in [5.41, 5.74) is 0. The quantitative estimate of drug-likeness (QED) is 0.425. The predicted octanol–water partition coefficient (Wildman–Crippen LogP) is 3.42. The van der Waals surface area contributed by atoms with Gasteiger partial charge >= 0.3 is 0 Å². The first kappa shape index (κ1) is 8.60. The molecule has 0 amide bonds. The monoisotopic (exact) mass is 176 g/mol. The van der Waals surface area contributed by atoms with Crippen LogP contribution in [0.25, 0.3) is 0 Å². The molecule has 1 heterocycles. The topological polar surface area (TPSA) is 0 Å². The summed E-state index contributed by atoms with van der Waals surface area (Å²) >= 11 is 6.16. The second kappa shape index (κ2) is 3.27. The van der Waals surface area contributed by atoms with Crippen molar-refractivity contribution in [3.63, 3.8) is 0 Å². The van der Waals surface area contributed by atoms with Gasteiger partial charge in [0.15, 0.2) is 0 Å². The molecule has 60 valence electrons. The van der Waals surface area contributed by atoms with Gasteiger partial charge in [-0.25, -0.2) is 0 Å². The van der Waals surface area contributed by atoms with E-state index in [0.29, 0.717) is 5.00 Å². The predicted molar refractivity (Wildman–Crippen MR) is 50.4 cm³/mol. The summed E-state index contributed by atoms with van der Waals surface area (Å²) in [6.45, 7) is 4.66. The van der Waals surface area contributed by atoms with E-state index < -0.39 is 8.07 Å². The average molecular weight is 177 g/mol. The Morgan fingerprint density at radius 3 is 2.00 bits per heavy atom. The highest BCUT2D eigenvalue weighted by molar-refractivity contribution is 6.85. The highest BCUT2D eigenvalue weighted by Crippen LogP contribution is 2.32. The molecule has 0 nitrogen and oxygen atoms in total. The van der Waals surface area contributed by atoms with Crippen LogP contribution in [0.5, 0.6) is 0 Å². The molecule has 1 atom stereocenters. The van der Waals surface area contributed by atoms with Crippen molar-refractivity contribution in [3.8, 4) is 0 Å². The van der Waals surface area contributed by atoms with Crippen LogP contribution in [0.15, 0.2) is 0 Å². The molecule has 0 spiro atoms. The van der Waals surface area contributed by atoms with Crippen LogP contribution in [0, 0.1) is 0 Å². The molecule has 0 aromatic rings. The Labute approximate surface area is 70.0 Å². The van der Waals surface area contributed by atoms with Crippen molar-refractivity contribution >= 4 is 19.7 Å². The Balaban J connectivity index is 2.48. The Morgan fingerprint density at radius 1 is 1.20 bits per heavy atom. The number of alkyl halides is 1. The Hall–Kier alpha value is 0.507. The molecule has 1 fully saturated rings. The van der Waals surface area contributed by atoms with Crippen molar-refractivity contribution in [3.05, 3.63) is 0 Å². The molecule has 1 saturated heterocycles. The van der Waals surface area contributed by atoms with Crippen LogP contribution in [-0.4, -0.2) is 13.1 Å². The summed E-state index contributed by atoms with van der Waals surface area (Å²) in [6, 6.07) is 2.94. The molecule has 0 radical (unpaired) electrons. The van der Waals surface area contributed by atoms with Gasteiger partial charge in [0, 0.05) is 5.00 Å². The Bertz CT molecular complexity index is 106. The molecule has 1 aliphatic rings. The summed E-state index contributed by atoms with van der Waals surface area (Å²) in [5, 5.41) is 0.493. The number of halogens is 1. The van der Waals surface area contributed by atoms with Crippen LogP contribution >= 0.6 is 11.6 Å². The summed E-state index contributed by atoms with van der Waals surface area (Å²) in [4.78, 5) is 0. The third-order valence-electron chi connectivity index (χ3n) is 2.96. The van der Waals surface area contributed by atoms with Crippen molar-refractivity contribution in [2.45, 2.75) is 49.8 Å². The van der Waals surface area contributed by atoms with Gasteiger partial charge in [-0.3, -0.25) is 0 Å². The van der Waals surface area contributed by atoms with Crippen LogP contribution < -0.4 is 0 Å². The van der Waals surface area contributed by atoms with Crippen LogP contribution in [0.4, 0.5) is 0 Å². The molecule has 1 rings (SSSR count). The van der Waals surface area contributed by atoms with Crippen molar-refractivity contribution in [1.29, 1.82) is 0 Å². The SMILES string of the molecule is CC(Cl)[Si]1(C)CCCCC1. The molecule has 2 heteroatoms. The van der Waals surface area contributed by atoms with Crippen molar-refractivity contribution in [2.75, 3.05) is 0 Å². The largest absolute Gasteiger partial charge is 0.127 e. The molecule has 1 unspecified atom stereocenters. The zero-order chi connectivity index (χ0) is 7.61. The molecule has 0 N–H and O–H groups in total. The zero-order valence-electron chi connectivity index (χ0n) is 6.99. The Kier molecular flexibility index (Phi) is 2.81. The second-order valence-corrected chi connectivity index (χ2v) is 10.0. The fourth-order valence-corrected chi connectivity index (χ4v) is 5.57. The van der Waals surface area contributed by atoms with Gasteiger partial charge in [-0.15, -0.1) is 11.6 Å². The van der Waals surface area contributed by atoms with Crippen molar-refractivity contribution < 1.29 is 0 Å². The Morgan fingerprint density at radius 2 is 1.70 bits per heavy atom. The van der Waals surface area contributed by atoms with Gasteiger partial charge in [0.25, 0.3) is 0 Å². The van der Waals surface area contributed by atoms with E-state index >= 15 is 0 Å². The molecule has 0 aliphatic carbocycles. The van der Waals surface area contributed by atoms with E-state index in [1.807, 2.05) is 0 Å². The lowest BCUT2D eigenvalue weighted by Crippen LogP contribution is -2.41. The van der Waals surface area contributed by atoms with Crippen molar-refractivity contribution in [1.82, 2.24) is 0 Å². The molecular weight excluding hydrogens is 160 g/mol. The van der Waals surface area contributed by atoms with Crippen LogP contribution in [0.1, 0.15) is 26.2 Å². The van der Waals surface area contributed by atoms with E-state index in [4.69, 9.17) is 11.6 Å². The van der Waals surface area contributed by atoms with Crippen molar-refractivity contribution in [2.24, 2.45) is 0 Å². The minimum absolute atomic E-state index is 0.493. The van der Waals surface area contributed by atoms with Crippen LogP contribution in [-0.2, 0) is 0 Å². The maximum Gasteiger partial charge on any atom is 0.0705 e. The fourth-order valence-electron chi connectivity index (χ4n) is 1.76. The smallest absolute Gasteiger partial charge is 0.0705 e. The minimum atomic E-state index is -0.948. The number of hydrogen-bond donors (Lipinski definition) is 0.